The quantitative estimate of drug-likeness (QED) is 0.781. The number of nitrogens with one attached hydrogen (secondary N) is 1. The molecule has 1 N–H and O–H groups in total. The SMILES string of the molecule is COCCCNCc1ccc(F)c(-c2cccs2)c1. The summed E-state index contributed by atoms with van der Waals surface area (Å²) in [6, 6.07) is 9.18. The number of hydrogen-bond donors (Lipinski definition) is 1. The molecule has 1 aromatic heterocycles. The molecule has 2 rings (SSSR count). The molecule has 0 saturated heterocycles. The van der Waals surface area contributed by atoms with Gasteiger partial charge in [-0.3, -0.25) is 0 Å². The van der Waals surface area contributed by atoms with E-state index in [4.69, 9.17) is 4.74 Å². The van der Waals surface area contributed by atoms with E-state index in [-0.39, 0.29) is 5.82 Å². The molecular weight excluding hydrogens is 261 g/mol. The van der Waals surface area contributed by atoms with Crippen molar-refractivity contribution in [2.45, 2.75) is 13.0 Å². The fraction of sp³-hybridized carbons (Fsp3) is 0.333. The fourth-order valence-electron chi connectivity index (χ4n) is 1.88. The lowest BCUT2D eigenvalue weighted by atomic mass is 10.1. The van der Waals surface area contributed by atoms with Crippen LogP contribution in [0.3, 0.4) is 0 Å². The largest absolute Gasteiger partial charge is 0.385 e. The first-order chi connectivity index (χ1) is 9.31. The Hall–Kier alpha value is -1.23. The summed E-state index contributed by atoms with van der Waals surface area (Å²) < 4.78 is 18.8. The van der Waals surface area contributed by atoms with Crippen LogP contribution in [0.25, 0.3) is 10.4 Å². The van der Waals surface area contributed by atoms with Crippen LogP contribution >= 0.6 is 11.3 Å². The summed E-state index contributed by atoms with van der Waals surface area (Å²) in [5.74, 6) is -0.161. The number of benzene rings is 1. The van der Waals surface area contributed by atoms with E-state index in [1.54, 1.807) is 24.5 Å². The summed E-state index contributed by atoms with van der Waals surface area (Å²) >= 11 is 1.56. The molecule has 0 bridgehead atoms. The van der Waals surface area contributed by atoms with Crippen molar-refractivity contribution in [3.8, 4) is 10.4 Å². The average molecular weight is 279 g/mol. The standard InChI is InChI=1S/C15H18FNOS/c1-18-8-3-7-17-11-12-5-6-14(16)13(10-12)15-4-2-9-19-15/h2,4-6,9-10,17H,3,7-8,11H2,1H3. The van der Waals surface area contributed by atoms with Crippen LogP contribution in [0.1, 0.15) is 12.0 Å². The van der Waals surface area contributed by atoms with Crippen molar-refractivity contribution in [1.29, 1.82) is 0 Å². The summed E-state index contributed by atoms with van der Waals surface area (Å²) in [4.78, 5) is 0.971. The molecule has 0 aliphatic carbocycles. The Morgan fingerprint density at radius 3 is 2.95 bits per heavy atom. The van der Waals surface area contributed by atoms with Gasteiger partial charge in [0, 0.05) is 30.7 Å². The summed E-state index contributed by atoms with van der Waals surface area (Å²) in [7, 11) is 1.70. The predicted molar refractivity (Wildman–Crippen MR) is 77.9 cm³/mol. The summed E-state index contributed by atoms with van der Waals surface area (Å²) in [6.07, 6.45) is 0.982. The first-order valence-corrected chi connectivity index (χ1v) is 7.21. The normalized spacial score (nSPS) is 10.8. The van der Waals surface area contributed by atoms with E-state index < -0.39 is 0 Å². The van der Waals surface area contributed by atoms with Crippen LogP contribution in [0.4, 0.5) is 4.39 Å². The van der Waals surface area contributed by atoms with E-state index in [9.17, 15) is 4.39 Å². The van der Waals surface area contributed by atoms with Crippen LogP contribution in [-0.4, -0.2) is 20.3 Å². The van der Waals surface area contributed by atoms with Crippen LogP contribution in [0.2, 0.25) is 0 Å². The molecule has 2 aromatic rings. The first kappa shape index (κ1) is 14.2. The molecule has 4 heteroatoms. The van der Waals surface area contributed by atoms with Crippen molar-refractivity contribution >= 4 is 11.3 Å². The van der Waals surface area contributed by atoms with Gasteiger partial charge in [0.25, 0.3) is 0 Å². The third-order valence-electron chi connectivity index (χ3n) is 2.85. The van der Waals surface area contributed by atoms with Crippen LogP contribution in [0.5, 0.6) is 0 Å². The Kier molecular flexibility index (Phi) is 5.51. The summed E-state index contributed by atoms with van der Waals surface area (Å²) in [6.45, 7) is 2.42. The van der Waals surface area contributed by atoms with E-state index in [0.29, 0.717) is 5.56 Å². The molecule has 0 saturated carbocycles. The van der Waals surface area contributed by atoms with Gasteiger partial charge in [0.15, 0.2) is 0 Å². The minimum Gasteiger partial charge on any atom is -0.385 e. The maximum absolute atomic E-state index is 13.8. The van der Waals surface area contributed by atoms with Gasteiger partial charge in [-0.05, 0) is 42.1 Å². The van der Waals surface area contributed by atoms with Gasteiger partial charge in [-0.1, -0.05) is 12.1 Å². The number of rotatable bonds is 7. The number of ether oxygens (including phenoxy) is 1. The molecule has 0 spiro atoms. The Bertz CT molecular complexity index is 499. The molecule has 0 atom stereocenters. The predicted octanol–water partition coefficient (Wildman–Crippen LogP) is 3.68. The smallest absolute Gasteiger partial charge is 0.131 e. The molecule has 2 nitrogen and oxygen atoms in total. The zero-order valence-corrected chi connectivity index (χ0v) is 11.8. The van der Waals surface area contributed by atoms with Crippen LogP contribution in [0.15, 0.2) is 35.7 Å². The van der Waals surface area contributed by atoms with Gasteiger partial charge in [-0.2, -0.15) is 0 Å². The second kappa shape index (κ2) is 7.38. The third-order valence-corrected chi connectivity index (χ3v) is 3.75. The lowest BCUT2D eigenvalue weighted by molar-refractivity contribution is 0.194. The Labute approximate surface area is 117 Å². The average Bonchev–Trinajstić information content (AvgIpc) is 2.94. The highest BCUT2D eigenvalue weighted by atomic mass is 32.1. The fourth-order valence-corrected chi connectivity index (χ4v) is 2.62. The lowest BCUT2D eigenvalue weighted by Gasteiger charge is -2.07. The van der Waals surface area contributed by atoms with E-state index in [0.717, 1.165) is 36.6 Å². The molecule has 0 aliphatic heterocycles. The number of halogens is 1. The molecule has 0 fully saturated rings. The number of methoxy groups -OCH3 is 1. The van der Waals surface area contributed by atoms with Gasteiger partial charge in [0.05, 0.1) is 0 Å². The van der Waals surface area contributed by atoms with E-state index in [1.807, 2.05) is 29.6 Å². The van der Waals surface area contributed by atoms with E-state index in [1.165, 1.54) is 0 Å². The van der Waals surface area contributed by atoms with Crippen LogP contribution < -0.4 is 5.32 Å². The van der Waals surface area contributed by atoms with Crippen molar-refractivity contribution in [2.75, 3.05) is 20.3 Å². The van der Waals surface area contributed by atoms with Crippen molar-refractivity contribution in [3.63, 3.8) is 0 Å². The Balaban J connectivity index is 1.97. The molecule has 0 aliphatic rings. The zero-order valence-electron chi connectivity index (χ0n) is 11.0. The van der Waals surface area contributed by atoms with E-state index in [2.05, 4.69) is 5.32 Å². The minimum absolute atomic E-state index is 0.161. The Morgan fingerprint density at radius 2 is 2.21 bits per heavy atom. The van der Waals surface area contributed by atoms with Crippen molar-refractivity contribution in [2.24, 2.45) is 0 Å². The monoisotopic (exact) mass is 279 g/mol. The number of thiophene rings is 1. The van der Waals surface area contributed by atoms with Crippen molar-refractivity contribution in [3.05, 3.63) is 47.1 Å². The highest BCUT2D eigenvalue weighted by Crippen LogP contribution is 2.28. The summed E-state index contributed by atoms with van der Waals surface area (Å²) in [5, 5.41) is 5.29. The van der Waals surface area contributed by atoms with Gasteiger partial charge in [0.2, 0.25) is 0 Å². The summed E-state index contributed by atoms with van der Waals surface area (Å²) in [5.41, 5.74) is 1.79. The van der Waals surface area contributed by atoms with Crippen molar-refractivity contribution in [1.82, 2.24) is 5.32 Å². The first-order valence-electron chi connectivity index (χ1n) is 6.33. The third kappa shape index (κ3) is 4.13. The molecule has 0 amide bonds. The zero-order chi connectivity index (χ0) is 13.5. The van der Waals surface area contributed by atoms with Gasteiger partial charge >= 0.3 is 0 Å². The molecule has 1 aromatic carbocycles. The van der Waals surface area contributed by atoms with Gasteiger partial charge < -0.3 is 10.1 Å². The van der Waals surface area contributed by atoms with Gasteiger partial charge in [-0.25, -0.2) is 4.39 Å². The molecule has 0 radical (unpaired) electrons. The second-order valence-corrected chi connectivity index (χ2v) is 5.26. The topological polar surface area (TPSA) is 21.3 Å². The molecule has 19 heavy (non-hydrogen) atoms. The maximum atomic E-state index is 13.8. The maximum Gasteiger partial charge on any atom is 0.131 e. The molecule has 102 valence electrons. The van der Waals surface area contributed by atoms with Crippen LogP contribution in [0, 0.1) is 5.82 Å². The molecular formula is C15H18FNOS. The lowest BCUT2D eigenvalue weighted by Crippen LogP contribution is -2.16. The highest BCUT2D eigenvalue weighted by Gasteiger charge is 2.07. The highest BCUT2D eigenvalue weighted by molar-refractivity contribution is 7.13. The molecule has 0 unspecified atom stereocenters. The van der Waals surface area contributed by atoms with Crippen molar-refractivity contribution < 1.29 is 9.13 Å². The van der Waals surface area contributed by atoms with E-state index >= 15 is 0 Å². The van der Waals surface area contributed by atoms with Gasteiger partial charge in [-0.15, -0.1) is 11.3 Å². The van der Waals surface area contributed by atoms with Gasteiger partial charge in [0.1, 0.15) is 5.82 Å². The van der Waals surface area contributed by atoms with Crippen LogP contribution in [-0.2, 0) is 11.3 Å². The second-order valence-electron chi connectivity index (χ2n) is 4.31. The molecule has 1 heterocycles. The minimum atomic E-state index is -0.161. The number of hydrogen-bond acceptors (Lipinski definition) is 3. The Morgan fingerprint density at radius 1 is 1.32 bits per heavy atom.